The van der Waals surface area contributed by atoms with Gasteiger partial charge in [-0.1, -0.05) is 24.9 Å². The Kier molecular flexibility index (Phi) is 4.12. The molecule has 3 nitrogen and oxygen atoms in total. The summed E-state index contributed by atoms with van der Waals surface area (Å²) in [5.41, 5.74) is 6.80. The molecule has 18 heavy (non-hydrogen) atoms. The number of hydrogen-bond donors (Lipinski definition) is 1. The molecule has 0 unspecified atom stereocenters. The minimum atomic E-state index is 0.00172. The van der Waals surface area contributed by atoms with Crippen LogP contribution in [0.5, 0.6) is 0 Å². The first-order valence-corrected chi connectivity index (χ1v) is 6.84. The van der Waals surface area contributed by atoms with Crippen LogP contribution in [0.1, 0.15) is 36.5 Å². The Morgan fingerprint density at radius 1 is 1.44 bits per heavy atom. The molecule has 1 fully saturated rings. The van der Waals surface area contributed by atoms with E-state index in [9.17, 15) is 4.79 Å². The SMILES string of the molecule is CCC1CCN(C(=O)c2cc(N)ccc2Cl)CC1. The number of hydrogen-bond acceptors (Lipinski definition) is 2. The summed E-state index contributed by atoms with van der Waals surface area (Å²) in [6.45, 7) is 3.85. The highest BCUT2D eigenvalue weighted by Gasteiger charge is 2.24. The average Bonchev–Trinajstić information content (AvgIpc) is 2.41. The van der Waals surface area contributed by atoms with Crippen molar-refractivity contribution in [1.29, 1.82) is 0 Å². The first-order chi connectivity index (χ1) is 8.61. The third kappa shape index (κ3) is 2.78. The van der Waals surface area contributed by atoms with Crippen molar-refractivity contribution < 1.29 is 4.79 Å². The number of halogens is 1. The van der Waals surface area contributed by atoms with Crippen LogP contribution in [-0.4, -0.2) is 23.9 Å². The van der Waals surface area contributed by atoms with Crippen LogP contribution in [0.3, 0.4) is 0 Å². The smallest absolute Gasteiger partial charge is 0.255 e. The Balaban J connectivity index is 2.10. The van der Waals surface area contributed by atoms with Crippen molar-refractivity contribution >= 4 is 23.2 Å². The van der Waals surface area contributed by atoms with Crippen LogP contribution >= 0.6 is 11.6 Å². The maximum Gasteiger partial charge on any atom is 0.255 e. The molecule has 1 aliphatic heterocycles. The van der Waals surface area contributed by atoms with Crippen molar-refractivity contribution in [2.24, 2.45) is 5.92 Å². The number of likely N-dealkylation sites (tertiary alicyclic amines) is 1. The van der Waals surface area contributed by atoms with Crippen LogP contribution in [0.2, 0.25) is 5.02 Å². The molecule has 2 rings (SSSR count). The first kappa shape index (κ1) is 13.2. The second-order valence-electron chi connectivity index (χ2n) is 4.88. The predicted octanol–water partition coefficient (Wildman–Crippen LogP) is 3.18. The number of anilines is 1. The first-order valence-electron chi connectivity index (χ1n) is 6.46. The van der Waals surface area contributed by atoms with Gasteiger partial charge in [0.2, 0.25) is 0 Å². The van der Waals surface area contributed by atoms with Gasteiger partial charge in [-0.3, -0.25) is 4.79 Å². The minimum Gasteiger partial charge on any atom is -0.399 e. The molecule has 0 atom stereocenters. The molecule has 98 valence electrons. The Morgan fingerprint density at radius 2 is 2.11 bits per heavy atom. The predicted molar refractivity (Wildman–Crippen MR) is 74.8 cm³/mol. The summed E-state index contributed by atoms with van der Waals surface area (Å²) in [4.78, 5) is 14.2. The summed E-state index contributed by atoms with van der Waals surface area (Å²) in [7, 11) is 0. The summed E-state index contributed by atoms with van der Waals surface area (Å²) < 4.78 is 0. The van der Waals surface area contributed by atoms with E-state index >= 15 is 0 Å². The molecular weight excluding hydrogens is 248 g/mol. The number of carbonyl (C=O) groups is 1. The van der Waals surface area contributed by atoms with Gasteiger partial charge >= 0.3 is 0 Å². The fourth-order valence-corrected chi connectivity index (χ4v) is 2.62. The second kappa shape index (κ2) is 5.61. The van der Waals surface area contributed by atoms with Crippen LogP contribution in [0.4, 0.5) is 5.69 Å². The van der Waals surface area contributed by atoms with E-state index in [1.165, 1.54) is 6.42 Å². The fraction of sp³-hybridized carbons (Fsp3) is 0.500. The van der Waals surface area contributed by atoms with Crippen LogP contribution in [-0.2, 0) is 0 Å². The third-order valence-electron chi connectivity index (χ3n) is 3.70. The number of benzene rings is 1. The number of carbonyl (C=O) groups excluding carboxylic acids is 1. The zero-order valence-corrected chi connectivity index (χ0v) is 11.4. The van der Waals surface area contributed by atoms with Crippen LogP contribution in [0.25, 0.3) is 0 Å². The molecule has 0 saturated carbocycles. The van der Waals surface area contributed by atoms with Gasteiger partial charge in [-0.15, -0.1) is 0 Å². The zero-order valence-electron chi connectivity index (χ0n) is 10.7. The molecule has 0 spiro atoms. The Labute approximate surface area is 113 Å². The molecule has 2 N–H and O–H groups in total. The van der Waals surface area contributed by atoms with Gasteiger partial charge < -0.3 is 10.6 Å². The largest absolute Gasteiger partial charge is 0.399 e. The van der Waals surface area contributed by atoms with E-state index < -0.39 is 0 Å². The molecule has 0 aliphatic carbocycles. The van der Waals surface area contributed by atoms with Crippen molar-refractivity contribution in [3.63, 3.8) is 0 Å². The van der Waals surface area contributed by atoms with Gasteiger partial charge in [0, 0.05) is 18.8 Å². The molecule has 1 heterocycles. The van der Waals surface area contributed by atoms with Gasteiger partial charge in [0.05, 0.1) is 10.6 Å². The van der Waals surface area contributed by atoms with E-state index in [0.29, 0.717) is 16.3 Å². The number of piperidine rings is 1. The highest BCUT2D eigenvalue weighted by atomic mass is 35.5. The molecule has 4 heteroatoms. The van der Waals surface area contributed by atoms with Crippen molar-refractivity contribution in [3.8, 4) is 0 Å². The lowest BCUT2D eigenvalue weighted by molar-refractivity contribution is 0.0689. The molecule has 1 aromatic carbocycles. The zero-order chi connectivity index (χ0) is 13.1. The Bertz CT molecular complexity index is 439. The number of nitrogens with zero attached hydrogens (tertiary/aromatic N) is 1. The molecule has 1 aliphatic rings. The van der Waals surface area contributed by atoms with Crippen LogP contribution in [0, 0.1) is 5.92 Å². The van der Waals surface area contributed by atoms with E-state index in [1.54, 1.807) is 18.2 Å². The second-order valence-corrected chi connectivity index (χ2v) is 5.29. The monoisotopic (exact) mass is 266 g/mol. The van der Waals surface area contributed by atoms with Gasteiger partial charge in [0.25, 0.3) is 5.91 Å². The van der Waals surface area contributed by atoms with E-state index in [-0.39, 0.29) is 5.91 Å². The maximum absolute atomic E-state index is 12.4. The fourth-order valence-electron chi connectivity index (χ4n) is 2.42. The average molecular weight is 267 g/mol. The van der Waals surface area contributed by atoms with Gasteiger partial charge in [0.1, 0.15) is 0 Å². The maximum atomic E-state index is 12.4. The highest BCUT2D eigenvalue weighted by Crippen LogP contribution is 2.25. The summed E-state index contributed by atoms with van der Waals surface area (Å²) in [6, 6.07) is 5.06. The number of rotatable bonds is 2. The van der Waals surface area contributed by atoms with E-state index in [1.807, 2.05) is 4.90 Å². The lowest BCUT2D eigenvalue weighted by Gasteiger charge is -2.31. The molecule has 0 bridgehead atoms. The summed E-state index contributed by atoms with van der Waals surface area (Å²) >= 11 is 6.06. The topological polar surface area (TPSA) is 46.3 Å². The van der Waals surface area contributed by atoms with Gasteiger partial charge in [0.15, 0.2) is 0 Å². The third-order valence-corrected chi connectivity index (χ3v) is 4.03. The van der Waals surface area contributed by atoms with Crippen LogP contribution in [0.15, 0.2) is 18.2 Å². The molecule has 1 aromatic rings. The van der Waals surface area contributed by atoms with E-state index in [0.717, 1.165) is 31.8 Å². The summed E-state index contributed by atoms with van der Waals surface area (Å²) in [5.74, 6) is 0.757. The lowest BCUT2D eigenvalue weighted by atomic mass is 9.94. The number of nitrogens with two attached hydrogens (primary N) is 1. The molecule has 1 amide bonds. The van der Waals surface area contributed by atoms with Crippen molar-refractivity contribution in [2.45, 2.75) is 26.2 Å². The quantitative estimate of drug-likeness (QED) is 0.836. The summed E-state index contributed by atoms with van der Waals surface area (Å²) in [6.07, 6.45) is 3.37. The van der Waals surface area contributed by atoms with Crippen molar-refractivity contribution in [2.75, 3.05) is 18.8 Å². The molecular formula is C14H19ClN2O. The number of amides is 1. The van der Waals surface area contributed by atoms with E-state index in [4.69, 9.17) is 17.3 Å². The standard InChI is InChI=1S/C14H19ClN2O/c1-2-10-5-7-17(8-6-10)14(18)12-9-11(16)3-4-13(12)15/h3-4,9-10H,2,5-8,16H2,1H3. The van der Waals surface area contributed by atoms with Gasteiger partial charge in [-0.2, -0.15) is 0 Å². The Hall–Kier alpha value is -1.22. The van der Waals surface area contributed by atoms with Gasteiger partial charge in [-0.25, -0.2) is 0 Å². The molecule has 1 saturated heterocycles. The normalized spacial score (nSPS) is 16.9. The van der Waals surface area contributed by atoms with E-state index in [2.05, 4.69) is 6.92 Å². The molecule has 0 radical (unpaired) electrons. The summed E-state index contributed by atoms with van der Waals surface area (Å²) in [5, 5.41) is 0.479. The minimum absolute atomic E-state index is 0.00172. The Morgan fingerprint density at radius 3 is 2.72 bits per heavy atom. The van der Waals surface area contributed by atoms with Crippen LogP contribution < -0.4 is 5.73 Å². The highest BCUT2D eigenvalue weighted by molar-refractivity contribution is 6.34. The van der Waals surface area contributed by atoms with Crippen molar-refractivity contribution in [1.82, 2.24) is 4.90 Å². The molecule has 0 aromatic heterocycles. The van der Waals surface area contributed by atoms with Crippen molar-refractivity contribution in [3.05, 3.63) is 28.8 Å². The number of nitrogen functional groups attached to an aromatic ring is 1. The lowest BCUT2D eigenvalue weighted by Crippen LogP contribution is -2.38. The van der Waals surface area contributed by atoms with Gasteiger partial charge in [-0.05, 0) is 37.0 Å².